The molecule has 92 valence electrons. The van der Waals surface area contributed by atoms with Gasteiger partial charge in [0, 0.05) is 0 Å². The molecule has 0 unspecified atom stereocenters. The molecule has 0 aromatic rings. The molecule has 5 atom stereocenters. The van der Waals surface area contributed by atoms with E-state index < -0.39 is 23.8 Å². The minimum Gasteiger partial charge on any atom is -0.480 e. The van der Waals surface area contributed by atoms with Gasteiger partial charge in [-0.1, -0.05) is 0 Å². The second kappa shape index (κ2) is 3.29. The Balaban J connectivity index is 1.93. The maximum absolute atomic E-state index is 12.1. The van der Waals surface area contributed by atoms with Gasteiger partial charge in [0.1, 0.15) is 6.04 Å². The number of likely N-dealkylation sites (tertiary alicyclic amines) is 1. The Kier molecular flexibility index (Phi) is 2.07. The van der Waals surface area contributed by atoms with Crippen molar-refractivity contribution in [3.05, 3.63) is 0 Å². The number of hydrogen-bond donors (Lipinski definition) is 1. The monoisotopic (exact) mass is 239 g/mol. The number of carboxylic acid groups (broad SMARTS) is 1. The van der Waals surface area contributed by atoms with Crippen LogP contribution in [0.25, 0.3) is 0 Å². The summed E-state index contributed by atoms with van der Waals surface area (Å²) in [6, 6.07) is -1.08. The molecule has 2 amide bonds. The van der Waals surface area contributed by atoms with Crippen molar-refractivity contribution >= 4 is 17.8 Å². The number of ether oxygens (including phenoxy) is 1. The molecule has 0 aromatic carbocycles. The molecule has 0 saturated carbocycles. The maximum atomic E-state index is 12.1. The minimum atomic E-state index is -1.15. The molecule has 6 nitrogen and oxygen atoms in total. The Hall–Kier alpha value is -1.43. The number of carbonyl (C=O) groups is 3. The van der Waals surface area contributed by atoms with E-state index in [1.165, 1.54) is 6.92 Å². The van der Waals surface area contributed by atoms with Crippen LogP contribution in [-0.2, 0) is 19.1 Å². The third-order valence-corrected chi connectivity index (χ3v) is 4.06. The highest BCUT2D eigenvalue weighted by Crippen LogP contribution is 2.48. The lowest BCUT2D eigenvalue weighted by molar-refractivity contribution is -0.155. The fourth-order valence-electron chi connectivity index (χ4n) is 3.23. The first-order chi connectivity index (χ1) is 8.02. The van der Waals surface area contributed by atoms with E-state index in [1.807, 2.05) is 0 Å². The highest BCUT2D eigenvalue weighted by molar-refractivity contribution is 6.08. The quantitative estimate of drug-likeness (QED) is 0.664. The van der Waals surface area contributed by atoms with Gasteiger partial charge in [-0.15, -0.1) is 0 Å². The van der Waals surface area contributed by atoms with Crippen molar-refractivity contribution in [2.24, 2.45) is 11.8 Å². The van der Waals surface area contributed by atoms with E-state index in [0.29, 0.717) is 0 Å². The molecule has 3 aliphatic heterocycles. The molecule has 3 rings (SSSR count). The van der Waals surface area contributed by atoms with Gasteiger partial charge in [0.2, 0.25) is 11.8 Å². The van der Waals surface area contributed by atoms with Gasteiger partial charge in [0.25, 0.3) is 0 Å². The van der Waals surface area contributed by atoms with Crippen LogP contribution in [0.3, 0.4) is 0 Å². The molecule has 17 heavy (non-hydrogen) atoms. The van der Waals surface area contributed by atoms with Gasteiger partial charge in [-0.05, 0) is 19.8 Å². The van der Waals surface area contributed by atoms with Crippen molar-refractivity contribution in [3.8, 4) is 0 Å². The lowest BCUT2D eigenvalue weighted by Gasteiger charge is -2.21. The van der Waals surface area contributed by atoms with Crippen molar-refractivity contribution in [2.75, 3.05) is 0 Å². The van der Waals surface area contributed by atoms with E-state index in [0.717, 1.165) is 17.7 Å². The van der Waals surface area contributed by atoms with Gasteiger partial charge in [-0.2, -0.15) is 0 Å². The van der Waals surface area contributed by atoms with Crippen molar-refractivity contribution in [3.63, 3.8) is 0 Å². The van der Waals surface area contributed by atoms with Crippen LogP contribution in [-0.4, -0.2) is 46.0 Å². The Morgan fingerprint density at radius 3 is 2.18 bits per heavy atom. The second-order valence-corrected chi connectivity index (χ2v) is 4.90. The Morgan fingerprint density at radius 1 is 1.29 bits per heavy atom. The van der Waals surface area contributed by atoms with Gasteiger partial charge in [0.05, 0.1) is 24.0 Å². The number of carbonyl (C=O) groups excluding carboxylic acids is 2. The number of fused-ring (bicyclic) bond motifs is 5. The first-order valence-corrected chi connectivity index (χ1v) is 5.77. The van der Waals surface area contributed by atoms with Gasteiger partial charge >= 0.3 is 5.97 Å². The van der Waals surface area contributed by atoms with E-state index in [1.54, 1.807) is 0 Å². The second-order valence-electron chi connectivity index (χ2n) is 4.90. The first-order valence-electron chi connectivity index (χ1n) is 5.77. The zero-order valence-electron chi connectivity index (χ0n) is 9.33. The summed E-state index contributed by atoms with van der Waals surface area (Å²) in [6.07, 6.45) is 1.21. The minimum absolute atomic E-state index is 0.188. The van der Waals surface area contributed by atoms with E-state index >= 15 is 0 Å². The van der Waals surface area contributed by atoms with E-state index in [2.05, 4.69) is 0 Å². The third kappa shape index (κ3) is 1.21. The van der Waals surface area contributed by atoms with Crippen molar-refractivity contribution < 1.29 is 24.2 Å². The van der Waals surface area contributed by atoms with Crippen LogP contribution in [0.2, 0.25) is 0 Å². The number of rotatable bonds is 2. The zero-order valence-corrected chi connectivity index (χ0v) is 9.33. The summed E-state index contributed by atoms with van der Waals surface area (Å²) in [4.78, 5) is 36.0. The van der Waals surface area contributed by atoms with Gasteiger partial charge < -0.3 is 9.84 Å². The predicted molar refractivity (Wildman–Crippen MR) is 53.8 cm³/mol. The lowest BCUT2D eigenvalue weighted by atomic mass is 9.81. The van der Waals surface area contributed by atoms with Crippen LogP contribution >= 0.6 is 0 Å². The number of carboxylic acids is 1. The molecule has 0 aromatic heterocycles. The van der Waals surface area contributed by atoms with E-state index in [9.17, 15) is 14.4 Å². The summed E-state index contributed by atoms with van der Waals surface area (Å²) in [5.41, 5.74) is 0. The molecule has 3 saturated heterocycles. The molecule has 3 aliphatic rings. The van der Waals surface area contributed by atoms with Crippen molar-refractivity contribution in [1.29, 1.82) is 0 Å². The third-order valence-electron chi connectivity index (χ3n) is 4.06. The molecular formula is C11H13NO5. The van der Waals surface area contributed by atoms with Crippen LogP contribution in [0.4, 0.5) is 0 Å². The van der Waals surface area contributed by atoms with Gasteiger partial charge in [-0.25, -0.2) is 4.79 Å². The largest absolute Gasteiger partial charge is 0.480 e. The van der Waals surface area contributed by atoms with Crippen LogP contribution in [0.5, 0.6) is 0 Å². The Morgan fingerprint density at radius 2 is 1.76 bits per heavy atom. The summed E-state index contributed by atoms with van der Waals surface area (Å²) in [5.74, 6) is -2.78. The highest BCUT2D eigenvalue weighted by Gasteiger charge is 2.63. The summed E-state index contributed by atoms with van der Waals surface area (Å²) >= 11 is 0. The molecule has 3 heterocycles. The molecule has 1 N–H and O–H groups in total. The molecule has 2 bridgehead atoms. The summed E-state index contributed by atoms with van der Waals surface area (Å²) in [6.45, 7) is 1.36. The number of hydrogen-bond acceptors (Lipinski definition) is 4. The van der Waals surface area contributed by atoms with Gasteiger partial charge in [0.15, 0.2) is 0 Å². The highest BCUT2D eigenvalue weighted by atomic mass is 16.5. The predicted octanol–water partition coefficient (Wildman–Crippen LogP) is -0.378. The SMILES string of the molecule is C[C@H](C(=O)O)N1C(=O)[C@@H]2[C@@H](C1=O)[C@H]1CC[C@@H]2O1. The van der Waals surface area contributed by atoms with Crippen molar-refractivity contribution in [1.82, 2.24) is 4.90 Å². The average Bonchev–Trinajstić information content (AvgIpc) is 2.92. The smallest absolute Gasteiger partial charge is 0.326 e. The first kappa shape index (κ1) is 10.7. The summed E-state index contributed by atoms with van der Waals surface area (Å²) in [5, 5.41) is 8.91. The van der Waals surface area contributed by atoms with Gasteiger partial charge in [-0.3, -0.25) is 14.5 Å². The normalized spacial score (nSPS) is 40.9. The zero-order chi connectivity index (χ0) is 12.3. The lowest BCUT2D eigenvalue weighted by Crippen LogP contribution is -2.45. The van der Waals surface area contributed by atoms with E-state index in [-0.39, 0.29) is 24.0 Å². The van der Waals surface area contributed by atoms with Crippen LogP contribution in [0.15, 0.2) is 0 Å². The van der Waals surface area contributed by atoms with E-state index in [4.69, 9.17) is 9.84 Å². The molecule has 0 aliphatic carbocycles. The van der Waals surface area contributed by atoms with Crippen LogP contribution in [0, 0.1) is 11.8 Å². The average molecular weight is 239 g/mol. The Bertz CT molecular complexity index is 392. The number of nitrogens with zero attached hydrogens (tertiary/aromatic N) is 1. The molecule has 6 heteroatoms. The van der Waals surface area contributed by atoms with Crippen molar-refractivity contribution in [2.45, 2.75) is 38.0 Å². The topological polar surface area (TPSA) is 83.9 Å². The molecule has 3 fully saturated rings. The molecule has 0 radical (unpaired) electrons. The van der Waals surface area contributed by atoms with Crippen LogP contribution in [0.1, 0.15) is 19.8 Å². The Labute approximate surface area is 97.5 Å². The molecular weight excluding hydrogens is 226 g/mol. The maximum Gasteiger partial charge on any atom is 0.326 e. The fourth-order valence-corrected chi connectivity index (χ4v) is 3.23. The summed E-state index contributed by atoms with van der Waals surface area (Å²) < 4.78 is 5.55. The molecule has 0 spiro atoms. The number of amides is 2. The fraction of sp³-hybridized carbons (Fsp3) is 0.727. The summed E-state index contributed by atoms with van der Waals surface area (Å²) in [7, 11) is 0. The number of imide groups is 1. The number of aliphatic carboxylic acids is 1. The van der Waals surface area contributed by atoms with Crippen LogP contribution < -0.4 is 0 Å². The standard InChI is InChI=1S/C11H13NO5/c1-4(11(15)16)12-9(13)7-5-2-3-6(17-5)8(7)10(12)14/h4-8H,2-3H2,1H3,(H,15,16)/t4-,5-,6+,7+,8+/m1/s1.